The minimum atomic E-state index is -5.56. The summed E-state index contributed by atoms with van der Waals surface area (Å²) < 4.78 is 117. The van der Waals surface area contributed by atoms with E-state index in [9.17, 15) is 26.3 Å². The monoisotopic (exact) mass is 578 g/mol. The highest BCUT2D eigenvalue weighted by Gasteiger charge is 2.47. The summed E-state index contributed by atoms with van der Waals surface area (Å²) in [4.78, 5) is 0. The molecule has 40 heavy (non-hydrogen) atoms. The van der Waals surface area contributed by atoms with Crippen LogP contribution in [-0.4, -0.2) is 12.5 Å². The van der Waals surface area contributed by atoms with E-state index in [0.717, 1.165) is 49.1 Å². The van der Waals surface area contributed by atoms with E-state index < -0.39 is 35.9 Å². The summed E-state index contributed by atoms with van der Waals surface area (Å²) in [6, 6.07) is 6.43. The van der Waals surface area contributed by atoms with Crippen LogP contribution in [0.4, 0.5) is 35.1 Å². The predicted octanol–water partition coefficient (Wildman–Crippen LogP) is 10.5. The smallest absolute Gasteiger partial charge is 0.432 e. The summed E-state index contributed by atoms with van der Waals surface area (Å²) in [5.41, 5.74) is -1.13. The Bertz CT molecular complexity index is 1100. The highest BCUT2D eigenvalue weighted by molar-refractivity contribution is 5.65. The molecule has 4 rings (SSSR count). The molecule has 0 unspecified atom stereocenters. The third-order valence-corrected chi connectivity index (χ3v) is 8.47. The first-order valence-electron chi connectivity index (χ1n) is 13.9. The van der Waals surface area contributed by atoms with Gasteiger partial charge >= 0.3 is 18.6 Å². The van der Waals surface area contributed by atoms with Crippen LogP contribution < -0.4 is 4.74 Å². The van der Waals surface area contributed by atoms with Crippen molar-refractivity contribution in [2.24, 2.45) is 23.7 Å². The molecule has 10 heteroatoms. The second kappa shape index (κ2) is 12.2. The molecule has 0 heterocycles. The molecule has 2 nitrogen and oxygen atoms in total. The Kier molecular flexibility index (Phi) is 9.37. The Balaban J connectivity index is 1.34. The van der Waals surface area contributed by atoms with Crippen molar-refractivity contribution in [3.63, 3.8) is 0 Å². The molecule has 0 spiro atoms. The molecule has 2 fully saturated rings. The lowest BCUT2D eigenvalue weighted by Crippen LogP contribution is -2.38. The number of hydrogen-bond donors (Lipinski definition) is 0. The Morgan fingerprint density at radius 3 is 1.85 bits per heavy atom. The fourth-order valence-electron chi connectivity index (χ4n) is 6.37. The van der Waals surface area contributed by atoms with Crippen molar-refractivity contribution in [1.82, 2.24) is 0 Å². The summed E-state index contributed by atoms with van der Waals surface area (Å²) >= 11 is 0. The largest absolute Gasteiger partial charge is 0.527 e. The van der Waals surface area contributed by atoms with E-state index in [0.29, 0.717) is 36.8 Å². The van der Waals surface area contributed by atoms with Gasteiger partial charge in [-0.2, -0.15) is 17.6 Å². The average Bonchev–Trinajstić information content (AvgIpc) is 2.88. The number of ether oxygens (including phenoxy) is 2. The zero-order chi connectivity index (χ0) is 29.1. The van der Waals surface area contributed by atoms with E-state index in [1.807, 2.05) is 0 Å². The lowest BCUT2D eigenvalue weighted by Gasteiger charge is -2.39. The Labute approximate surface area is 229 Å². The molecule has 0 radical (unpaired) electrons. The van der Waals surface area contributed by atoms with Crippen LogP contribution in [0.15, 0.2) is 42.5 Å². The second-order valence-electron chi connectivity index (χ2n) is 11.1. The molecule has 0 aromatic heterocycles. The Morgan fingerprint density at radius 2 is 1.32 bits per heavy atom. The SMILES string of the molecule is CCCC1CCC(C2CCC(C(F)(F)Oc3ccc(-c4ccc(C(F)(F)OC(F)(F)F)cc4)c(F)c3)CC2)CC1. The highest BCUT2D eigenvalue weighted by atomic mass is 19.4. The van der Waals surface area contributed by atoms with Gasteiger partial charge < -0.3 is 4.74 Å². The first kappa shape index (κ1) is 30.6. The van der Waals surface area contributed by atoms with E-state index in [1.54, 1.807) is 0 Å². The minimum Gasteiger partial charge on any atom is -0.432 e. The first-order valence-corrected chi connectivity index (χ1v) is 13.9. The zero-order valence-corrected chi connectivity index (χ0v) is 22.3. The van der Waals surface area contributed by atoms with Crippen LogP contribution in [-0.2, 0) is 10.8 Å². The predicted molar refractivity (Wildman–Crippen MR) is 134 cm³/mol. The fourth-order valence-corrected chi connectivity index (χ4v) is 6.37. The van der Waals surface area contributed by atoms with Crippen LogP contribution >= 0.6 is 0 Å². The number of hydrogen-bond acceptors (Lipinski definition) is 2. The number of rotatable bonds is 9. The quantitative estimate of drug-likeness (QED) is 0.276. The molecule has 0 atom stereocenters. The molecule has 2 aromatic rings. The lowest BCUT2D eigenvalue weighted by molar-refractivity contribution is -0.431. The number of halogens is 8. The number of alkyl halides is 7. The van der Waals surface area contributed by atoms with Crippen LogP contribution in [0.1, 0.15) is 76.7 Å². The van der Waals surface area contributed by atoms with Crippen molar-refractivity contribution < 1.29 is 44.6 Å². The van der Waals surface area contributed by atoms with E-state index in [1.165, 1.54) is 38.5 Å². The lowest BCUT2D eigenvalue weighted by atomic mass is 9.68. The van der Waals surface area contributed by atoms with Gasteiger partial charge in [-0.05, 0) is 86.1 Å². The summed E-state index contributed by atoms with van der Waals surface area (Å²) in [5.74, 6) is -0.438. The molecule has 2 aromatic carbocycles. The van der Waals surface area contributed by atoms with Crippen molar-refractivity contribution in [3.8, 4) is 16.9 Å². The van der Waals surface area contributed by atoms with Gasteiger partial charge in [0.2, 0.25) is 0 Å². The summed E-state index contributed by atoms with van der Waals surface area (Å²) in [5, 5.41) is 0. The Morgan fingerprint density at radius 1 is 0.750 bits per heavy atom. The topological polar surface area (TPSA) is 18.5 Å². The van der Waals surface area contributed by atoms with Gasteiger partial charge in [0.05, 0.1) is 11.5 Å². The molecule has 222 valence electrons. The van der Waals surface area contributed by atoms with Gasteiger partial charge in [-0.25, -0.2) is 9.13 Å². The molecule has 0 N–H and O–H groups in total. The first-order chi connectivity index (χ1) is 18.8. The van der Waals surface area contributed by atoms with Gasteiger partial charge in [0.25, 0.3) is 0 Å². The molecule has 2 saturated carbocycles. The van der Waals surface area contributed by atoms with Gasteiger partial charge in [-0.3, -0.25) is 0 Å². The van der Waals surface area contributed by atoms with Crippen LogP contribution in [0.25, 0.3) is 11.1 Å². The van der Waals surface area contributed by atoms with Gasteiger partial charge in [-0.1, -0.05) is 44.7 Å². The Hall–Kier alpha value is -2.36. The van der Waals surface area contributed by atoms with Crippen molar-refractivity contribution in [2.45, 2.75) is 89.7 Å². The molecule has 2 aliphatic rings. The zero-order valence-electron chi connectivity index (χ0n) is 22.3. The summed E-state index contributed by atoms with van der Waals surface area (Å²) in [7, 11) is 0. The molecule has 0 saturated heterocycles. The van der Waals surface area contributed by atoms with E-state index >= 15 is 8.78 Å². The normalized spacial score (nSPS) is 24.6. The van der Waals surface area contributed by atoms with Crippen molar-refractivity contribution in [1.29, 1.82) is 0 Å². The highest BCUT2D eigenvalue weighted by Crippen LogP contribution is 2.46. The van der Waals surface area contributed by atoms with E-state index in [4.69, 9.17) is 4.74 Å². The average molecular weight is 579 g/mol. The van der Waals surface area contributed by atoms with Gasteiger partial charge in [0, 0.05) is 11.6 Å². The minimum absolute atomic E-state index is 0.0596. The third-order valence-electron chi connectivity index (χ3n) is 8.47. The second-order valence-corrected chi connectivity index (χ2v) is 11.1. The molecule has 0 bridgehead atoms. The van der Waals surface area contributed by atoms with Gasteiger partial charge in [0.1, 0.15) is 11.6 Å². The summed E-state index contributed by atoms with van der Waals surface area (Å²) in [6.07, 6.45) is -4.30. The maximum Gasteiger partial charge on any atom is 0.527 e. The van der Waals surface area contributed by atoms with Gasteiger partial charge in [-0.15, -0.1) is 13.2 Å². The molecule has 0 amide bonds. The fraction of sp³-hybridized carbons (Fsp3) is 0.600. The van der Waals surface area contributed by atoms with Crippen LogP contribution in [0.3, 0.4) is 0 Å². The standard InChI is InChI=1S/C30H34F8O2/c1-2-3-19-4-6-20(7-5-19)21-8-12-23(13-9-21)28(32,33)39-25-16-17-26(27(31)18-25)22-10-14-24(15-11-22)29(34,35)40-30(36,37)38/h10-11,14-21,23H,2-9,12-13H2,1H3. The van der Waals surface area contributed by atoms with Crippen molar-refractivity contribution in [2.75, 3.05) is 0 Å². The molecule has 2 aliphatic carbocycles. The van der Waals surface area contributed by atoms with Crippen molar-refractivity contribution in [3.05, 3.63) is 53.8 Å². The molecular formula is C30H34F8O2. The number of benzene rings is 2. The maximum atomic E-state index is 15.0. The summed E-state index contributed by atoms with van der Waals surface area (Å²) in [6.45, 7) is 2.20. The van der Waals surface area contributed by atoms with E-state index in [-0.39, 0.29) is 16.9 Å². The third kappa shape index (κ3) is 7.68. The van der Waals surface area contributed by atoms with Crippen molar-refractivity contribution >= 4 is 0 Å². The van der Waals surface area contributed by atoms with Crippen LogP contribution in [0, 0.1) is 29.5 Å². The molecular weight excluding hydrogens is 544 g/mol. The van der Waals surface area contributed by atoms with Crippen LogP contribution in [0.2, 0.25) is 0 Å². The van der Waals surface area contributed by atoms with Crippen LogP contribution in [0.5, 0.6) is 5.75 Å². The van der Waals surface area contributed by atoms with E-state index in [2.05, 4.69) is 11.7 Å². The van der Waals surface area contributed by atoms with Gasteiger partial charge in [0.15, 0.2) is 0 Å². The molecule has 0 aliphatic heterocycles. The maximum absolute atomic E-state index is 15.0.